The number of nitrogens with one attached hydrogen (secondary N) is 2. The highest BCUT2D eigenvalue weighted by Gasteiger charge is 2.21. The van der Waals surface area contributed by atoms with E-state index in [-0.39, 0.29) is 24.2 Å². The summed E-state index contributed by atoms with van der Waals surface area (Å²) in [6, 6.07) is 29.9. The number of hydrogen-bond acceptors (Lipinski definition) is 3. The molecule has 0 aliphatic heterocycles. The normalized spacial score (nSPS) is 11.8. The van der Waals surface area contributed by atoms with E-state index in [9.17, 15) is 9.18 Å². The number of carbonyl (C=O) groups excluding carboxylic acids is 1. The van der Waals surface area contributed by atoms with Gasteiger partial charge in [-0.2, -0.15) is 0 Å². The molecule has 0 saturated heterocycles. The summed E-state index contributed by atoms with van der Waals surface area (Å²) in [4.78, 5) is 18.8. The van der Waals surface area contributed by atoms with Crippen molar-refractivity contribution in [3.63, 3.8) is 0 Å². The van der Waals surface area contributed by atoms with E-state index in [4.69, 9.17) is 4.74 Å². The third-order valence-electron chi connectivity index (χ3n) is 6.71. The summed E-state index contributed by atoms with van der Waals surface area (Å²) in [6.45, 7) is 0.648. The number of fused-ring (bicyclic) bond motifs is 1. The van der Waals surface area contributed by atoms with Crippen LogP contribution in [0.4, 0.5) is 10.1 Å². The average Bonchev–Trinajstić information content (AvgIpc) is 3.37. The number of nitrogens with zero attached hydrogens (tertiary/aromatic N) is 1. The Bertz CT molecular complexity index is 1520. The molecule has 0 aliphatic rings. The van der Waals surface area contributed by atoms with Gasteiger partial charge in [-0.1, -0.05) is 54.6 Å². The highest BCUT2D eigenvalue weighted by Crippen LogP contribution is 2.32. The van der Waals surface area contributed by atoms with Crippen LogP contribution in [0.2, 0.25) is 0 Å². The molecule has 1 heterocycles. The number of amides is 1. The zero-order valence-corrected chi connectivity index (χ0v) is 21.4. The maximum absolute atomic E-state index is 13.4. The first-order chi connectivity index (χ1) is 18.5. The SMILES string of the molecule is CN(C)c1ccc([C@H](CNC(=O)c2ccccc2OCc2ccc(F)cc2)c2c[nH]c3ccccc23)cc1. The monoisotopic (exact) mass is 507 g/mol. The Morgan fingerprint density at radius 1 is 0.921 bits per heavy atom. The van der Waals surface area contributed by atoms with Gasteiger partial charge in [0, 0.05) is 49.3 Å². The topological polar surface area (TPSA) is 57.4 Å². The van der Waals surface area contributed by atoms with Gasteiger partial charge < -0.3 is 19.9 Å². The zero-order valence-electron chi connectivity index (χ0n) is 21.4. The smallest absolute Gasteiger partial charge is 0.255 e. The summed E-state index contributed by atoms with van der Waals surface area (Å²) >= 11 is 0. The summed E-state index contributed by atoms with van der Waals surface area (Å²) in [5, 5.41) is 4.27. The van der Waals surface area contributed by atoms with E-state index < -0.39 is 0 Å². The van der Waals surface area contributed by atoms with Crippen molar-refractivity contribution in [2.75, 3.05) is 25.5 Å². The van der Waals surface area contributed by atoms with Gasteiger partial charge in [-0.3, -0.25) is 4.79 Å². The second-order valence-corrected chi connectivity index (χ2v) is 9.45. The second kappa shape index (κ2) is 11.2. The van der Waals surface area contributed by atoms with Gasteiger partial charge in [-0.25, -0.2) is 4.39 Å². The number of aromatic amines is 1. The van der Waals surface area contributed by atoms with E-state index in [0.717, 1.165) is 33.3 Å². The van der Waals surface area contributed by atoms with Gasteiger partial charge in [-0.15, -0.1) is 0 Å². The molecular formula is C32H30FN3O2. The van der Waals surface area contributed by atoms with Crippen LogP contribution in [0.1, 0.15) is 33.0 Å². The highest BCUT2D eigenvalue weighted by atomic mass is 19.1. The molecule has 1 atom stereocenters. The molecule has 0 radical (unpaired) electrons. The maximum Gasteiger partial charge on any atom is 0.255 e. The molecule has 0 aliphatic carbocycles. The van der Waals surface area contributed by atoms with Crippen molar-refractivity contribution in [3.8, 4) is 5.75 Å². The van der Waals surface area contributed by atoms with Crippen LogP contribution in [0.15, 0.2) is 103 Å². The first kappa shape index (κ1) is 25.1. The number of hydrogen-bond donors (Lipinski definition) is 2. The summed E-state index contributed by atoms with van der Waals surface area (Å²) < 4.78 is 19.2. The fourth-order valence-corrected chi connectivity index (χ4v) is 4.61. The van der Waals surface area contributed by atoms with E-state index in [1.54, 1.807) is 24.3 Å². The number of H-pyrrole nitrogens is 1. The van der Waals surface area contributed by atoms with Crippen molar-refractivity contribution in [2.45, 2.75) is 12.5 Å². The molecule has 192 valence electrons. The number of rotatable bonds is 9. The number of halogens is 1. The van der Waals surface area contributed by atoms with Crippen molar-refractivity contribution in [2.24, 2.45) is 0 Å². The quantitative estimate of drug-likeness (QED) is 0.239. The number of carbonyl (C=O) groups is 1. The van der Waals surface area contributed by atoms with Crippen LogP contribution in [-0.2, 0) is 6.61 Å². The molecule has 0 fully saturated rings. The van der Waals surface area contributed by atoms with Crippen molar-refractivity contribution in [1.82, 2.24) is 10.3 Å². The minimum Gasteiger partial charge on any atom is -0.488 e. The maximum atomic E-state index is 13.4. The van der Waals surface area contributed by atoms with Gasteiger partial charge in [0.2, 0.25) is 0 Å². The van der Waals surface area contributed by atoms with Gasteiger partial charge in [0.25, 0.3) is 5.91 Å². The number of ether oxygens (including phenoxy) is 1. The average molecular weight is 508 g/mol. The molecule has 0 bridgehead atoms. The molecule has 0 unspecified atom stereocenters. The molecule has 0 spiro atoms. The molecule has 1 aromatic heterocycles. The highest BCUT2D eigenvalue weighted by molar-refractivity contribution is 5.97. The molecular weight excluding hydrogens is 477 g/mol. The fraction of sp³-hybridized carbons (Fsp3) is 0.156. The lowest BCUT2D eigenvalue weighted by Gasteiger charge is -2.20. The third kappa shape index (κ3) is 5.54. The Balaban J connectivity index is 1.37. The van der Waals surface area contributed by atoms with Crippen molar-refractivity contribution < 1.29 is 13.9 Å². The molecule has 38 heavy (non-hydrogen) atoms. The Kier molecular flexibility index (Phi) is 7.40. The number of aromatic nitrogens is 1. The van der Waals surface area contributed by atoms with Crippen molar-refractivity contribution >= 4 is 22.5 Å². The number of para-hydroxylation sites is 2. The van der Waals surface area contributed by atoms with E-state index >= 15 is 0 Å². The van der Waals surface area contributed by atoms with Crippen LogP contribution in [0.3, 0.4) is 0 Å². The third-order valence-corrected chi connectivity index (χ3v) is 6.71. The Morgan fingerprint density at radius 3 is 2.39 bits per heavy atom. The Labute approximate surface area is 221 Å². The van der Waals surface area contributed by atoms with Gasteiger partial charge >= 0.3 is 0 Å². The second-order valence-electron chi connectivity index (χ2n) is 9.45. The lowest BCUT2D eigenvalue weighted by molar-refractivity contribution is 0.0948. The van der Waals surface area contributed by atoms with Crippen LogP contribution >= 0.6 is 0 Å². The minimum atomic E-state index is -0.297. The van der Waals surface area contributed by atoms with E-state index in [1.165, 1.54) is 12.1 Å². The number of anilines is 1. The predicted molar refractivity (Wildman–Crippen MR) is 150 cm³/mol. The minimum absolute atomic E-state index is 0.0568. The van der Waals surface area contributed by atoms with Crippen molar-refractivity contribution in [1.29, 1.82) is 0 Å². The number of benzene rings is 4. The van der Waals surface area contributed by atoms with E-state index in [0.29, 0.717) is 17.9 Å². The van der Waals surface area contributed by atoms with E-state index in [2.05, 4.69) is 51.6 Å². The lowest BCUT2D eigenvalue weighted by atomic mass is 9.90. The molecule has 6 heteroatoms. The van der Waals surface area contributed by atoms with Crippen LogP contribution in [-0.4, -0.2) is 31.5 Å². The standard InChI is InChI=1S/C32H30FN3O2/c1-36(2)25-17-13-23(14-18-25)28(29-20-34-30-9-5-3-7-26(29)30)19-35-32(37)27-8-4-6-10-31(27)38-21-22-11-15-24(33)16-12-22/h3-18,20,28,34H,19,21H2,1-2H3,(H,35,37)/t28-/m0/s1. The molecule has 1 amide bonds. The van der Waals surface area contributed by atoms with Crippen LogP contribution in [0.5, 0.6) is 5.75 Å². The van der Waals surface area contributed by atoms with E-state index in [1.807, 2.05) is 44.6 Å². The molecule has 5 nitrogen and oxygen atoms in total. The summed E-state index contributed by atoms with van der Waals surface area (Å²) in [7, 11) is 4.03. The van der Waals surface area contributed by atoms with Crippen molar-refractivity contribution in [3.05, 3.63) is 131 Å². The first-order valence-corrected chi connectivity index (χ1v) is 12.6. The first-order valence-electron chi connectivity index (χ1n) is 12.6. The largest absolute Gasteiger partial charge is 0.488 e. The van der Waals surface area contributed by atoms with Gasteiger partial charge in [0.05, 0.1) is 5.56 Å². The lowest BCUT2D eigenvalue weighted by Crippen LogP contribution is -2.29. The Hall–Kier alpha value is -4.58. The molecule has 5 aromatic rings. The molecule has 0 saturated carbocycles. The summed E-state index contributed by atoms with van der Waals surface area (Å²) in [6.07, 6.45) is 2.03. The van der Waals surface area contributed by atoms with Gasteiger partial charge in [0.15, 0.2) is 0 Å². The van der Waals surface area contributed by atoms with Crippen LogP contribution in [0, 0.1) is 5.82 Å². The van der Waals surface area contributed by atoms with Gasteiger partial charge in [-0.05, 0) is 59.2 Å². The van der Waals surface area contributed by atoms with Gasteiger partial charge in [0.1, 0.15) is 18.2 Å². The molecule has 4 aromatic carbocycles. The Morgan fingerprint density at radius 2 is 1.63 bits per heavy atom. The summed E-state index contributed by atoms with van der Waals surface area (Å²) in [5.41, 5.74) is 5.68. The molecule has 5 rings (SSSR count). The van der Waals surface area contributed by atoms with Crippen LogP contribution < -0.4 is 15.0 Å². The summed E-state index contributed by atoms with van der Waals surface area (Å²) in [5.74, 6) is -0.0870. The fourth-order valence-electron chi connectivity index (χ4n) is 4.61. The van der Waals surface area contributed by atoms with Crippen LogP contribution in [0.25, 0.3) is 10.9 Å². The zero-order chi connectivity index (χ0) is 26.5. The molecule has 2 N–H and O–H groups in total. The predicted octanol–water partition coefficient (Wildman–Crippen LogP) is 6.51.